The van der Waals surface area contributed by atoms with Gasteiger partial charge in [0, 0.05) is 0 Å². The van der Waals surface area contributed by atoms with Crippen LogP contribution >= 0.6 is 0 Å². The van der Waals surface area contributed by atoms with Crippen LogP contribution in [0.3, 0.4) is 0 Å². The number of benzene rings is 1. The van der Waals surface area contributed by atoms with Gasteiger partial charge in [0.05, 0.1) is 19.6 Å². The monoisotopic (exact) mass is 282 g/mol. The zero-order chi connectivity index (χ0) is 15.1. The van der Waals surface area contributed by atoms with Crippen LogP contribution in [0.15, 0.2) is 18.2 Å². The minimum absolute atomic E-state index is 0.0700. The van der Waals surface area contributed by atoms with Gasteiger partial charge in [0.15, 0.2) is 0 Å². The first-order chi connectivity index (χ1) is 9.43. The maximum atomic E-state index is 13.3. The highest BCUT2D eigenvalue weighted by Gasteiger charge is 2.16. The van der Waals surface area contributed by atoms with Crippen molar-refractivity contribution < 1.29 is 23.5 Å². The number of carbonyl (C=O) groups is 2. The molecule has 2 N–H and O–H groups in total. The highest BCUT2D eigenvalue weighted by atomic mass is 19.1. The Bertz CT molecular complexity index is 535. The van der Waals surface area contributed by atoms with E-state index >= 15 is 0 Å². The first kappa shape index (κ1) is 15.6. The number of hydrogen-bond donors (Lipinski definition) is 2. The lowest BCUT2D eigenvalue weighted by Crippen LogP contribution is -2.37. The number of terminal acetylenes is 1. The fourth-order valence-electron chi connectivity index (χ4n) is 1.49. The number of nitrogens with zero attached hydrogens (tertiary/aromatic N) is 1. The van der Waals surface area contributed by atoms with E-state index in [2.05, 4.69) is 5.92 Å². The van der Waals surface area contributed by atoms with Crippen LogP contribution in [-0.2, 0) is 9.59 Å². The zero-order valence-corrected chi connectivity index (χ0v) is 10.4. The summed E-state index contributed by atoms with van der Waals surface area (Å²) < 4.78 is 26.6. The van der Waals surface area contributed by atoms with Crippen LogP contribution in [0.1, 0.15) is 0 Å². The minimum Gasteiger partial charge on any atom is -0.480 e. The molecule has 1 amide bonds. The molecule has 106 valence electrons. The summed E-state index contributed by atoms with van der Waals surface area (Å²) in [6.07, 6.45) is 5.05. The summed E-state index contributed by atoms with van der Waals surface area (Å²) in [7, 11) is 0. The van der Waals surface area contributed by atoms with Crippen LogP contribution in [0.25, 0.3) is 0 Å². The molecular formula is C13H12F2N2O3. The molecule has 0 saturated carbocycles. The molecule has 0 bridgehead atoms. The molecule has 0 heterocycles. The fourth-order valence-corrected chi connectivity index (χ4v) is 1.49. The molecule has 0 saturated heterocycles. The van der Waals surface area contributed by atoms with Gasteiger partial charge in [-0.2, -0.15) is 0 Å². The summed E-state index contributed by atoms with van der Waals surface area (Å²) in [5.41, 5.74) is -0.575. The van der Waals surface area contributed by atoms with E-state index in [4.69, 9.17) is 11.5 Å². The van der Waals surface area contributed by atoms with Crippen molar-refractivity contribution in [2.45, 2.75) is 0 Å². The van der Waals surface area contributed by atoms with Gasteiger partial charge in [-0.15, -0.1) is 6.42 Å². The van der Waals surface area contributed by atoms with Gasteiger partial charge in [-0.25, -0.2) is 8.78 Å². The van der Waals surface area contributed by atoms with Gasteiger partial charge in [-0.05, 0) is 12.1 Å². The predicted molar refractivity (Wildman–Crippen MR) is 67.9 cm³/mol. The lowest BCUT2D eigenvalue weighted by Gasteiger charge is -2.17. The van der Waals surface area contributed by atoms with Crippen molar-refractivity contribution in [3.05, 3.63) is 29.8 Å². The second-order valence-electron chi connectivity index (χ2n) is 3.89. The van der Waals surface area contributed by atoms with E-state index in [1.165, 1.54) is 0 Å². The number of aliphatic carboxylic acids is 1. The third kappa shape index (κ3) is 4.66. The lowest BCUT2D eigenvalue weighted by molar-refractivity contribution is -0.138. The van der Waals surface area contributed by atoms with Crippen LogP contribution in [-0.4, -0.2) is 41.5 Å². The van der Waals surface area contributed by atoms with Gasteiger partial charge in [0.1, 0.15) is 17.3 Å². The van der Waals surface area contributed by atoms with Crippen molar-refractivity contribution in [2.24, 2.45) is 0 Å². The highest BCUT2D eigenvalue weighted by molar-refractivity contribution is 5.92. The molecule has 1 aromatic rings. The van der Waals surface area contributed by atoms with Crippen LogP contribution in [0, 0.1) is 24.0 Å². The number of hydrogen-bond acceptors (Lipinski definition) is 3. The molecule has 0 aliphatic rings. The van der Waals surface area contributed by atoms with E-state index in [-0.39, 0.29) is 13.1 Å². The van der Waals surface area contributed by atoms with E-state index in [1.54, 1.807) is 0 Å². The van der Waals surface area contributed by atoms with Crippen molar-refractivity contribution in [1.29, 1.82) is 0 Å². The first-order valence-electron chi connectivity index (χ1n) is 5.55. The van der Waals surface area contributed by atoms with Crippen LogP contribution in [0.5, 0.6) is 0 Å². The molecule has 7 heteroatoms. The SMILES string of the molecule is C#CCN(CC(=O)O)CC(=O)Nc1c(F)cccc1F. The normalized spacial score (nSPS) is 10.1. The Morgan fingerprint density at radius 3 is 2.40 bits per heavy atom. The second-order valence-corrected chi connectivity index (χ2v) is 3.89. The molecule has 1 aromatic carbocycles. The Balaban J connectivity index is 2.71. The Kier molecular flexibility index (Phi) is 5.62. The molecule has 0 fully saturated rings. The third-order valence-corrected chi connectivity index (χ3v) is 2.27. The minimum atomic E-state index is -1.16. The molecule has 0 aromatic heterocycles. The lowest BCUT2D eigenvalue weighted by atomic mass is 10.3. The zero-order valence-electron chi connectivity index (χ0n) is 10.4. The van der Waals surface area contributed by atoms with Gasteiger partial charge in [-0.3, -0.25) is 14.5 Å². The molecule has 1 rings (SSSR count). The van der Waals surface area contributed by atoms with E-state index in [0.29, 0.717) is 0 Å². The number of anilines is 1. The smallest absolute Gasteiger partial charge is 0.317 e. The summed E-state index contributed by atoms with van der Waals surface area (Å²) in [4.78, 5) is 23.4. The van der Waals surface area contributed by atoms with Crippen molar-refractivity contribution in [2.75, 3.05) is 25.0 Å². The average molecular weight is 282 g/mol. The van der Waals surface area contributed by atoms with Crippen molar-refractivity contribution >= 4 is 17.6 Å². The van der Waals surface area contributed by atoms with Gasteiger partial charge in [0.2, 0.25) is 5.91 Å². The maximum Gasteiger partial charge on any atom is 0.317 e. The standard InChI is InChI=1S/C13H12F2N2O3/c1-2-6-17(8-12(19)20)7-11(18)16-13-9(14)4-3-5-10(13)15/h1,3-5H,6-8H2,(H,16,18)(H,19,20). The van der Waals surface area contributed by atoms with E-state index < -0.39 is 35.7 Å². The van der Waals surface area contributed by atoms with Crippen LogP contribution in [0.2, 0.25) is 0 Å². The highest BCUT2D eigenvalue weighted by Crippen LogP contribution is 2.17. The molecule has 0 spiro atoms. The number of amides is 1. The largest absolute Gasteiger partial charge is 0.480 e. The summed E-state index contributed by atoms with van der Waals surface area (Å²) in [6.45, 7) is -0.902. The number of carbonyl (C=O) groups excluding carboxylic acids is 1. The van der Waals surface area contributed by atoms with Crippen molar-refractivity contribution in [3.8, 4) is 12.3 Å². The van der Waals surface area contributed by atoms with E-state index in [1.807, 2.05) is 5.32 Å². The average Bonchev–Trinajstić information content (AvgIpc) is 2.33. The van der Waals surface area contributed by atoms with E-state index in [0.717, 1.165) is 23.1 Å². The van der Waals surface area contributed by atoms with Gasteiger partial charge < -0.3 is 10.4 Å². The van der Waals surface area contributed by atoms with Gasteiger partial charge >= 0.3 is 5.97 Å². The number of para-hydroxylation sites is 1. The molecule has 0 aliphatic heterocycles. The molecule has 20 heavy (non-hydrogen) atoms. The summed E-state index contributed by atoms with van der Waals surface area (Å²) >= 11 is 0. The Morgan fingerprint density at radius 1 is 1.30 bits per heavy atom. The van der Waals surface area contributed by atoms with Crippen molar-refractivity contribution in [3.63, 3.8) is 0 Å². The predicted octanol–water partition coefficient (Wildman–Crippen LogP) is 0.923. The number of carboxylic acids is 1. The molecule has 0 unspecified atom stereocenters. The topological polar surface area (TPSA) is 69.6 Å². The van der Waals surface area contributed by atoms with Crippen LogP contribution in [0.4, 0.5) is 14.5 Å². The number of halogens is 2. The first-order valence-corrected chi connectivity index (χ1v) is 5.55. The molecule has 5 nitrogen and oxygen atoms in total. The second kappa shape index (κ2) is 7.21. The fraction of sp³-hybridized carbons (Fsp3) is 0.231. The maximum absolute atomic E-state index is 13.3. The molecular weight excluding hydrogens is 270 g/mol. The van der Waals surface area contributed by atoms with E-state index in [9.17, 15) is 18.4 Å². The third-order valence-electron chi connectivity index (χ3n) is 2.27. The Hall–Kier alpha value is -2.46. The number of nitrogens with one attached hydrogen (secondary N) is 1. The molecule has 0 radical (unpaired) electrons. The Labute approximate surface area is 114 Å². The van der Waals surface area contributed by atoms with Gasteiger partial charge in [0.25, 0.3) is 0 Å². The quantitative estimate of drug-likeness (QED) is 0.761. The Morgan fingerprint density at radius 2 is 1.90 bits per heavy atom. The summed E-state index contributed by atoms with van der Waals surface area (Å²) in [5.74, 6) is -1.55. The number of carboxylic acid groups (broad SMARTS) is 1. The van der Waals surface area contributed by atoms with Gasteiger partial charge in [-0.1, -0.05) is 12.0 Å². The van der Waals surface area contributed by atoms with Crippen molar-refractivity contribution in [1.82, 2.24) is 4.90 Å². The molecule has 0 atom stereocenters. The van der Waals surface area contributed by atoms with Crippen LogP contribution < -0.4 is 5.32 Å². The number of rotatable bonds is 6. The molecule has 0 aliphatic carbocycles. The summed E-state index contributed by atoms with van der Waals surface area (Å²) in [6, 6.07) is 3.15. The summed E-state index contributed by atoms with van der Waals surface area (Å²) in [5, 5.41) is 10.7.